The first-order chi connectivity index (χ1) is 11.2. The average Bonchev–Trinajstić information content (AvgIpc) is 2.60. The van der Waals surface area contributed by atoms with Gasteiger partial charge in [-0.3, -0.25) is 0 Å². The van der Waals surface area contributed by atoms with Gasteiger partial charge in [0.1, 0.15) is 11.5 Å². The van der Waals surface area contributed by atoms with Gasteiger partial charge >= 0.3 is 0 Å². The molecule has 1 N–H and O–H groups in total. The molecule has 3 nitrogen and oxygen atoms in total. The third kappa shape index (κ3) is 3.20. The molecule has 0 bridgehead atoms. The van der Waals surface area contributed by atoms with Crippen LogP contribution in [0.3, 0.4) is 0 Å². The maximum absolute atomic E-state index is 5.61. The molecular formula is C20H25NO2. The maximum atomic E-state index is 5.61. The fraction of sp³-hybridized carbons (Fsp3) is 0.400. The fourth-order valence-corrected chi connectivity index (χ4v) is 3.57. The number of rotatable bonds is 5. The lowest BCUT2D eigenvalue weighted by Crippen LogP contribution is -2.25. The highest BCUT2D eigenvalue weighted by molar-refractivity contribution is 5.49. The highest BCUT2D eigenvalue weighted by Gasteiger charge is 2.20. The van der Waals surface area contributed by atoms with Crippen LogP contribution in [0, 0.1) is 6.92 Å². The minimum Gasteiger partial charge on any atom is -0.496 e. The van der Waals surface area contributed by atoms with Gasteiger partial charge in [-0.05, 0) is 43.4 Å². The normalized spacial score (nSPS) is 16.7. The molecule has 0 aromatic heterocycles. The first kappa shape index (κ1) is 15.9. The Kier molecular flexibility index (Phi) is 4.87. The molecule has 2 aromatic rings. The van der Waals surface area contributed by atoms with E-state index >= 15 is 0 Å². The van der Waals surface area contributed by atoms with Crippen LogP contribution in [0.15, 0.2) is 36.4 Å². The molecule has 0 saturated heterocycles. The Morgan fingerprint density at radius 3 is 2.70 bits per heavy atom. The van der Waals surface area contributed by atoms with Crippen LogP contribution in [-0.4, -0.2) is 14.2 Å². The molecule has 1 atom stereocenters. The van der Waals surface area contributed by atoms with Crippen LogP contribution in [-0.2, 0) is 13.0 Å². The Hall–Kier alpha value is -2.00. The van der Waals surface area contributed by atoms with Gasteiger partial charge < -0.3 is 14.8 Å². The molecule has 0 unspecified atom stereocenters. The van der Waals surface area contributed by atoms with Crippen molar-refractivity contribution >= 4 is 0 Å². The van der Waals surface area contributed by atoms with E-state index in [1.54, 1.807) is 14.2 Å². The molecule has 0 saturated carbocycles. The quantitative estimate of drug-likeness (QED) is 0.898. The molecule has 3 heteroatoms. The number of benzene rings is 2. The van der Waals surface area contributed by atoms with E-state index in [4.69, 9.17) is 9.47 Å². The number of methoxy groups -OCH3 is 2. The predicted molar refractivity (Wildman–Crippen MR) is 93.2 cm³/mol. The van der Waals surface area contributed by atoms with Crippen molar-refractivity contribution in [1.29, 1.82) is 0 Å². The highest BCUT2D eigenvalue weighted by Crippen LogP contribution is 2.33. The van der Waals surface area contributed by atoms with Gasteiger partial charge in [0.2, 0.25) is 0 Å². The van der Waals surface area contributed by atoms with Crippen LogP contribution in [0.1, 0.15) is 41.1 Å². The molecule has 122 valence electrons. The number of nitrogens with one attached hydrogen (secondary N) is 1. The number of aryl methyl sites for hydroxylation is 1. The lowest BCUT2D eigenvalue weighted by molar-refractivity contribution is 0.381. The minimum absolute atomic E-state index is 0.423. The van der Waals surface area contributed by atoms with E-state index in [0.29, 0.717) is 6.04 Å². The van der Waals surface area contributed by atoms with Crippen molar-refractivity contribution in [2.75, 3.05) is 14.2 Å². The van der Waals surface area contributed by atoms with Crippen LogP contribution in [0.2, 0.25) is 0 Å². The Morgan fingerprint density at radius 1 is 1.09 bits per heavy atom. The SMILES string of the molecule is COc1ccc(CN[C@@H]2CCCc3ccccc32)c(OC)c1C. The molecule has 0 amide bonds. The van der Waals surface area contributed by atoms with Gasteiger partial charge in [-0.1, -0.05) is 30.3 Å². The standard InChI is InChI=1S/C20H25NO2/c1-14-19(22-2)12-11-16(20(14)23-3)13-21-18-10-6-8-15-7-4-5-9-17(15)18/h4-5,7,9,11-12,18,21H,6,8,10,13H2,1-3H3/t18-/m1/s1. The van der Waals surface area contributed by atoms with E-state index in [2.05, 4.69) is 35.6 Å². The number of ether oxygens (including phenoxy) is 2. The van der Waals surface area contributed by atoms with E-state index in [-0.39, 0.29) is 0 Å². The van der Waals surface area contributed by atoms with Gasteiger partial charge in [-0.15, -0.1) is 0 Å². The maximum Gasteiger partial charge on any atom is 0.129 e. The molecule has 23 heavy (non-hydrogen) atoms. The summed E-state index contributed by atoms with van der Waals surface area (Å²) < 4.78 is 11.0. The topological polar surface area (TPSA) is 30.5 Å². The van der Waals surface area contributed by atoms with Crippen molar-refractivity contribution in [2.45, 2.75) is 38.8 Å². The molecule has 0 spiro atoms. The van der Waals surface area contributed by atoms with Crippen LogP contribution < -0.4 is 14.8 Å². The zero-order valence-corrected chi connectivity index (χ0v) is 14.2. The van der Waals surface area contributed by atoms with E-state index in [9.17, 15) is 0 Å². The molecule has 3 rings (SSSR count). The van der Waals surface area contributed by atoms with Crippen LogP contribution >= 0.6 is 0 Å². The van der Waals surface area contributed by atoms with E-state index < -0.39 is 0 Å². The monoisotopic (exact) mass is 311 g/mol. The molecule has 0 fully saturated rings. The summed E-state index contributed by atoms with van der Waals surface area (Å²) in [6, 6.07) is 13.3. The fourth-order valence-electron chi connectivity index (χ4n) is 3.57. The summed E-state index contributed by atoms with van der Waals surface area (Å²) in [6.45, 7) is 2.84. The van der Waals surface area contributed by atoms with Crippen molar-refractivity contribution in [1.82, 2.24) is 5.32 Å². The number of hydrogen-bond donors (Lipinski definition) is 1. The summed E-state index contributed by atoms with van der Waals surface area (Å²) in [5.74, 6) is 1.79. The Bertz CT molecular complexity index is 681. The Labute approximate surface area is 138 Å². The summed E-state index contributed by atoms with van der Waals surface area (Å²) >= 11 is 0. The second-order valence-corrected chi connectivity index (χ2v) is 6.11. The molecule has 2 aromatic carbocycles. The van der Waals surface area contributed by atoms with Gasteiger partial charge in [0.05, 0.1) is 14.2 Å². The van der Waals surface area contributed by atoms with Crippen LogP contribution in [0.4, 0.5) is 0 Å². The second-order valence-electron chi connectivity index (χ2n) is 6.11. The molecular weight excluding hydrogens is 286 g/mol. The number of fused-ring (bicyclic) bond motifs is 1. The lowest BCUT2D eigenvalue weighted by Gasteiger charge is -2.27. The van der Waals surface area contributed by atoms with E-state index in [1.165, 1.54) is 36.0 Å². The number of hydrogen-bond acceptors (Lipinski definition) is 3. The van der Waals surface area contributed by atoms with E-state index in [1.807, 2.05) is 13.0 Å². The summed E-state index contributed by atoms with van der Waals surface area (Å²) in [5.41, 5.74) is 5.16. The molecule has 0 heterocycles. The summed E-state index contributed by atoms with van der Waals surface area (Å²) in [5, 5.41) is 3.71. The zero-order valence-electron chi connectivity index (χ0n) is 14.2. The van der Waals surface area contributed by atoms with Crippen LogP contribution in [0.25, 0.3) is 0 Å². The predicted octanol–water partition coefficient (Wildman–Crippen LogP) is 4.18. The van der Waals surface area contributed by atoms with Gasteiger partial charge in [0.15, 0.2) is 0 Å². The first-order valence-corrected chi connectivity index (χ1v) is 8.26. The molecule has 1 aliphatic rings. The van der Waals surface area contributed by atoms with Crippen molar-refractivity contribution < 1.29 is 9.47 Å². The largest absolute Gasteiger partial charge is 0.496 e. The highest BCUT2D eigenvalue weighted by atomic mass is 16.5. The van der Waals surface area contributed by atoms with Gasteiger partial charge in [0.25, 0.3) is 0 Å². The van der Waals surface area contributed by atoms with Crippen molar-refractivity contribution in [3.8, 4) is 11.5 Å². The lowest BCUT2D eigenvalue weighted by atomic mass is 9.87. The first-order valence-electron chi connectivity index (χ1n) is 8.26. The molecule has 1 aliphatic carbocycles. The molecule has 0 radical (unpaired) electrons. The zero-order chi connectivity index (χ0) is 16.2. The van der Waals surface area contributed by atoms with E-state index in [0.717, 1.165) is 23.6 Å². The summed E-state index contributed by atoms with van der Waals surface area (Å²) in [6.07, 6.45) is 3.63. The Morgan fingerprint density at radius 2 is 1.91 bits per heavy atom. The smallest absolute Gasteiger partial charge is 0.129 e. The summed E-state index contributed by atoms with van der Waals surface area (Å²) in [7, 11) is 3.42. The average molecular weight is 311 g/mol. The van der Waals surface area contributed by atoms with Crippen molar-refractivity contribution in [3.05, 3.63) is 58.7 Å². The summed E-state index contributed by atoms with van der Waals surface area (Å²) in [4.78, 5) is 0. The second kappa shape index (κ2) is 7.05. The van der Waals surface area contributed by atoms with Gasteiger partial charge in [0, 0.05) is 23.7 Å². The van der Waals surface area contributed by atoms with Gasteiger partial charge in [-0.2, -0.15) is 0 Å². The van der Waals surface area contributed by atoms with Crippen molar-refractivity contribution in [3.63, 3.8) is 0 Å². The van der Waals surface area contributed by atoms with Crippen molar-refractivity contribution in [2.24, 2.45) is 0 Å². The molecule has 0 aliphatic heterocycles. The minimum atomic E-state index is 0.423. The third-order valence-electron chi connectivity index (χ3n) is 4.77. The Balaban J connectivity index is 1.78. The third-order valence-corrected chi connectivity index (χ3v) is 4.77. The van der Waals surface area contributed by atoms with Crippen LogP contribution in [0.5, 0.6) is 11.5 Å². The van der Waals surface area contributed by atoms with Gasteiger partial charge in [-0.25, -0.2) is 0 Å².